The van der Waals surface area contributed by atoms with E-state index in [9.17, 15) is 9.18 Å². The Hall–Kier alpha value is -2.62. The molecule has 0 aromatic heterocycles. The molecule has 0 saturated carbocycles. The first-order valence-corrected chi connectivity index (χ1v) is 8.04. The molecule has 24 heavy (non-hydrogen) atoms. The molecule has 2 aromatic carbocycles. The molecule has 0 spiro atoms. The van der Waals surface area contributed by atoms with E-state index < -0.39 is 0 Å². The minimum atomic E-state index is -0.274. The van der Waals surface area contributed by atoms with Crippen LogP contribution in [-0.2, 0) is 24.2 Å². The number of ether oxygens (including phenoxy) is 1. The van der Waals surface area contributed by atoms with Gasteiger partial charge in [-0.1, -0.05) is 32.6 Å². The van der Waals surface area contributed by atoms with Crippen molar-refractivity contribution in [1.82, 2.24) is 0 Å². The van der Waals surface area contributed by atoms with Gasteiger partial charge in [0.2, 0.25) is 5.91 Å². The summed E-state index contributed by atoms with van der Waals surface area (Å²) in [6, 6.07) is 10.0. The van der Waals surface area contributed by atoms with Crippen molar-refractivity contribution in [3.63, 3.8) is 0 Å². The molecule has 0 fully saturated rings. The van der Waals surface area contributed by atoms with Crippen LogP contribution in [0.5, 0.6) is 5.75 Å². The number of amides is 1. The molecule has 1 amide bonds. The Labute approximate surface area is 142 Å². The van der Waals surface area contributed by atoms with Crippen molar-refractivity contribution in [1.29, 1.82) is 0 Å². The second kappa shape index (κ2) is 8.29. The van der Waals surface area contributed by atoms with Gasteiger partial charge in [0.05, 0.1) is 0 Å². The van der Waals surface area contributed by atoms with Crippen molar-refractivity contribution >= 4 is 11.6 Å². The van der Waals surface area contributed by atoms with Crippen molar-refractivity contribution in [3.8, 4) is 5.75 Å². The number of hydrogen-bond donors (Lipinski definition) is 1. The van der Waals surface area contributed by atoms with Crippen molar-refractivity contribution < 1.29 is 13.9 Å². The molecular formula is C20H22FNO2. The third-order valence-electron chi connectivity index (χ3n) is 3.82. The molecule has 0 unspecified atom stereocenters. The summed E-state index contributed by atoms with van der Waals surface area (Å²) in [6.45, 7) is 7.85. The molecule has 0 aliphatic heterocycles. The van der Waals surface area contributed by atoms with Crippen LogP contribution in [0.3, 0.4) is 0 Å². The van der Waals surface area contributed by atoms with E-state index in [1.54, 1.807) is 6.07 Å². The van der Waals surface area contributed by atoms with E-state index in [0.717, 1.165) is 41.0 Å². The zero-order valence-electron chi connectivity index (χ0n) is 14.1. The van der Waals surface area contributed by atoms with Gasteiger partial charge in [-0.25, -0.2) is 4.39 Å². The number of nitrogens with one attached hydrogen (secondary N) is 1. The molecule has 0 atom stereocenters. The third kappa shape index (κ3) is 4.22. The maximum absolute atomic E-state index is 13.3. The Balaban J connectivity index is 2.26. The first kappa shape index (κ1) is 17.7. The average Bonchev–Trinajstić information content (AvgIpc) is 2.59. The van der Waals surface area contributed by atoms with Gasteiger partial charge in [0, 0.05) is 5.69 Å². The van der Waals surface area contributed by atoms with E-state index in [-0.39, 0.29) is 11.7 Å². The second-order valence-corrected chi connectivity index (χ2v) is 5.39. The minimum absolute atomic E-state index is 0.236. The lowest BCUT2D eigenvalue weighted by Gasteiger charge is -2.18. The summed E-state index contributed by atoms with van der Waals surface area (Å²) in [6.07, 6.45) is 2.80. The summed E-state index contributed by atoms with van der Waals surface area (Å²) in [4.78, 5) is 11.6. The summed E-state index contributed by atoms with van der Waals surface area (Å²) in [5, 5.41) is 2.83. The smallest absolute Gasteiger partial charge is 0.247 e. The average molecular weight is 327 g/mol. The van der Waals surface area contributed by atoms with Crippen LogP contribution in [0, 0.1) is 5.82 Å². The van der Waals surface area contributed by atoms with Crippen molar-refractivity contribution in [3.05, 3.63) is 71.6 Å². The number of anilines is 1. The Morgan fingerprint density at radius 2 is 1.96 bits per heavy atom. The highest BCUT2D eigenvalue weighted by molar-refractivity contribution is 5.99. The summed E-state index contributed by atoms with van der Waals surface area (Å²) in [7, 11) is 0. The highest BCUT2D eigenvalue weighted by Gasteiger charge is 2.13. The van der Waals surface area contributed by atoms with E-state index in [0.29, 0.717) is 6.61 Å². The summed E-state index contributed by atoms with van der Waals surface area (Å²) in [5.41, 5.74) is 3.65. The SMILES string of the molecule is C=CC(=O)Nc1ccc(OCc2cccc(F)c2)c(CC)c1CC. The minimum Gasteiger partial charge on any atom is -0.489 e. The lowest BCUT2D eigenvalue weighted by molar-refractivity contribution is -0.111. The van der Waals surface area contributed by atoms with Gasteiger partial charge in [-0.05, 0) is 59.9 Å². The van der Waals surface area contributed by atoms with Crippen molar-refractivity contribution in [2.75, 3.05) is 5.32 Å². The van der Waals surface area contributed by atoms with E-state index in [1.165, 1.54) is 18.2 Å². The van der Waals surface area contributed by atoms with Crippen molar-refractivity contribution in [2.24, 2.45) is 0 Å². The summed E-state index contributed by atoms with van der Waals surface area (Å²) >= 11 is 0. The third-order valence-corrected chi connectivity index (χ3v) is 3.82. The Morgan fingerprint density at radius 3 is 2.58 bits per heavy atom. The quantitative estimate of drug-likeness (QED) is 0.752. The van der Waals surface area contributed by atoms with Crippen LogP contribution in [0.4, 0.5) is 10.1 Å². The maximum atomic E-state index is 13.3. The topological polar surface area (TPSA) is 38.3 Å². The van der Waals surface area contributed by atoms with Gasteiger partial charge in [-0.2, -0.15) is 0 Å². The normalized spacial score (nSPS) is 10.3. The van der Waals surface area contributed by atoms with Crippen LogP contribution >= 0.6 is 0 Å². The molecule has 0 saturated heterocycles. The standard InChI is InChI=1S/C20H22FNO2/c1-4-16-17(5-2)19(11-10-18(16)22-20(23)6-3)24-13-14-8-7-9-15(21)12-14/h6-12H,3-5,13H2,1-2H3,(H,22,23). The lowest BCUT2D eigenvalue weighted by Crippen LogP contribution is -2.11. The second-order valence-electron chi connectivity index (χ2n) is 5.39. The van der Waals surface area contributed by atoms with Gasteiger partial charge in [0.15, 0.2) is 0 Å². The predicted molar refractivity (Wildman–Crippen MR) is 94.8 cm³/mol. The monoisotopic (exact) mass is 327 g/mol. The molecule has 0 aliphatic carbocycles. The van der Waals surface area contributed by atoms with E-state index >= 15 is 0 Å². The van der Waals surface area contributed by atoms with Gasteiger partial charge in [-0.15, -0.1) is 0 Å². The molecule has 0 heterocycles. The number of carbonyl (C=O) groups is 1. The predicted octanol–water partition coefficient (Wildman–Crippen LogP) is 4.65. The zero-order valence-corrected chi connectivity index (χ0v) is 14.1. The van der Waals surface area contributed by atoms with Crippen LogP contribution in [-0.4, -0.2) is 5.91 Å². The van der Waals surface area contributed by atoms with Gasteiger partial charge in [0.25, 0.3) is 0 Å². The van der Waals surface area contributed by atoms with Gasteiger partial charge in [-0.3, -0.25) is 4.79 Å². The highest BCUT2D eigenvalue weighted by atomic mass is 19.1. The molecule has 126 valence electrons. The summed E-state index contributed by atoms with van der Waals surface area (Å²) < 4.78 is 19.2. The van der Waals surface area contributed by atoms with Crippen LogP contribution in [0.15, 0.2) is 49.1 Å². The zero-order chi connectivity index (χ0) is 17.5. The first-order chi connectivity index (χ1) is 11.6. The Bertz CT molecular complexity index is 740. The van der Waals surface area contributed by atoms with E-state index in [4.69, 9.17) is 4.74 Å². The highest BCUT2D eigenvalue weighted by Crippen LogP contribution is 2.31. The molecule has 4 heteroatoms. The first-order valence-electron chi connectivity index (χ1n) is 8.04. The maximum Gasteiger partial charge on any atom is 0.247 e. The molecule has 0 radical (unpaired) electrons. The number of rotatable bonds is 7. The molecule has 0 aliphatic rings. The molecule has 3 nitrogen and oxygen atoms in total. The van der Waals surface area contributed by atoms with Gasteiger partial charge in [0.1, 0.15) is 18.2 Å². The van der Waals surface area contributed by atoms with Crippen LogP contribution < -0.4 is 10.1 Å². The largest absolute Gasteiger partial charge is 0.489 e. The van der Waals surface area contributed by atoms with Crippen LogP contribution in [0.1, 0.15) is 30.5 Å². The fourth-order valence-corrected chi connectivity index (χ4v) is 2.69. The number of carbonyl (C=O) groups excluding carboxylic acids is 1. The van der Waals surface area contributed by atoms with E-state index in [1.807, 2.05) is 32.0 Å². The van der Waals surface area contributed by atoms with Gasteiger partial charge >= 0.3 is 0 Å². The molecule has 2 rings (SSSR count). The fraction of sp³-hybridized carbons (Fsp3) is 0.250. The van der Waals surface area contributed by atoms with Gasteiger partial charge < -0.3 is 10.1 Å². The molecule has 0 bridgehead atoms. The number of halogens is 1. The van der Waals surface area contributed by atoms with Crippen LogP contribution in [0.25, 0.3) is 0 Å². The molecule has 2 aromatic rings. The number of hydrogen-bond acceptors (Lipinski definition) is 2. The lowest BCUT2D eigenvalue weighted by atomic mass is 9.99. The summed E-state index contributed by atoms with van der Waals surface area (Å²) in [5.74, 6) is 0.249. The Kier molecular flexibility index (Phi) is 6.13. The Morgan fingerprint density at radius 1 is 1.21 bits per heavy atom. The van der Waals surface area contributed by atoms with Crippen molar-refractivity contribution in [2.45, 2.75) is 33.3 Å². The molecular weight excluding hydrogens is 305 g/mol. The van der Waals surface area contributed by atoms with E-state index in [2.05, 4.69) is 11.9 Å². The number of benzene rings is 2. The molecule has 1 N–H and O–H groups in total. The van der Waals surface area contributed by atoms with Crippen LogP contribution in [0.2, 0.25) is 0 Å². The fourth-order valence-electron chi connectivity index (χ4n) is 2.69.